The van der Waals surface area contributed by atoms with Gasteiger partial charge in [0.1, 0.15) is 18.0 Å². The van der Waals surface area contributed by atoms with Crippen molar-refractivity contribution in [3.05, 3.63) is 59.9 Å². The molecule has 2 saturated heterocycles. The highest BCUT2D eigenvalue weighted by atomic mass is 19.1. The van der Waals surface area contributed by atoms with Crippen LogP contribution < -0.4 is 10.2 Å². The van der Waals surface area contributed by atoms with Crippen LogP contribution in [0.3, 0.4) is 0 Å². The lowest BCUT2D eigenvalue weighted by Crippen LogP contribution is -2.45. The fraction of sp³-hybridized carbons (Fsp3) is 0.417. The molecule has 2 aromatic carbocycles. The molecular weight excluding hydrogens is 426 g/mol. The SMILES string of the molecule is Cc1cc(Nc2ncn(-c3cc(F)cc(F)c3)n2)cc(N2CCCC2CN2CCOCC2)c1.[HH]. The van der Waals surface area contributed by atoms with Crippen molar-refractivity contribution in [1.29, 1.82) is 0 Å². The van der Waals surface area contributed by atoms with Crippen molar-refractivity contribution < 1.29 is 14.9 Å². The summed E-state index contributed by atoms with van der Waals surface area (Å²) in [4.78, 5) is 9.25. The van der Waals surface area contributed by atoms with E-state index in [9.17, 15) is 8.78 Å². The molecule has 0 spiro atoms. The fourth-order valence-corrected chi connectivity index (χ4v) is 4.69. The number of nitrogens with one attached hydrogen (secondary N) is 1. The van der Waals surface area contributed by atoms with Gasteiger partial charge in [-0.2, -0.15) is 4.98 Å². The molecule has 3 aromatic rings. The van der Waals surface area contributed by atoms with Crippen molar-refractivity contribution in [1.82, 2.24) is 19.7 Å². The zero-order chi connectivity index (χ0) is 22.8. The van der Waals surface area contributed by atoms with Crippen LogP contribution >= 0.6 is 0 Å². The molecule has 0 saturated carbocycles. The Hall–Kier alpha value is -3.04. The molecule has 1 N–H and O–H groups in total. The van der Waals surface area contributed by atoms with Gasteiger partial charge in [-0.3, -0.25) is 4.90 Å². The van der Waals surface area contributed by atoms with E-state index in [1.807, 2.05) is 6.07 Å². The van der Waals surface area contributed by atoms with Crippen molar-refractivity contribution in [3.63, 3.8) is 0 Å². The van der Waals surface area contributed by atoms with Crippen molar-refractivity contribution in [2.75, 3.05) is 49.6 Å². The average Bonchev–Trinajstić information content (AvgIpc) is 3.43. The number of nitrogens with zero attached hydrogens (tertiary/aromatic N) is 5. The van der Waals surface area contributed by atoms with Gasteiger partial charge in [-0.25, -0.2) is 13.5 Å². The van der Waals surface area contributed by atoms with Gasteiger partial charge in [-0.05, 0) is 55.7 Å². The molecule has 0 aliphatic carbocycles. The van der Waals surface area contributed by atoms with Gasteiger partial charge < -0.3 is 15.0 Å². The standard InChI is InChI=1S/C24H28F2N6O.H2/c1-17-9-20(28-24-27-16-32(29-24)23-12-18(25)11-19(26)13-23)14-22(10-17)31-4-2-3-21(31)15-30-5-7-33-8-6-30;/h9-14,16,21H,2-8,15H2,1H3,(H,28,29);1H. The summed E-state index contributed by atoms with van der Waals surface area (Å²) in [6.07, 6.45) is 3.80. The largest absolute Gasteiger partial charge is 0.379 e. The smallest absolute Gasteiger partial charge is 0.246 e. The van der Waals surface area contributed by atoms with E-state index in [4.69, 9.17) is 4.74 Å². The molecule has 2 aliphatic heterocycles. The van der Waals surface area contributed by atoms with E-state index in [1.165, 1.54) is 41.7 Å². The minimum atomic E-state index is -0.657. The highest BCUT2D eigenvalue weighted by Crippen LogP contribution is 2.30. The zero-order valence-corrected chi connectivity index (χ0v) is 18.7. The van der Waals surface area contributed by atoms with Crippen LogP contribution in [0.4, 0.5) is 26.1 Å². The third-order valence-corrected chi connectivity index (χ3v) is 6.20. The summed E-state index contributed by atoms with van der Waals surface area (Å²) in [6.45, 7) is 7.78. The minimum absolute atomic E-state index is 0. The maximum atomic E-state index is 13.6. The Labute approximate surface area is 193 Å². The van der Waals surface area contributed by atoms with Crippen LogP contribution in [0.5, 0.6) is 0 Å². The Morgan fingerprint density at radius 2 is 1.82 bits per heavy atom. The van der Waals surface area contributed by atoms with Crippen LogP contribution in [0, 0.1) is 18.6 Å². The Morgan fingerprint density at radius 3 is 2.61 bits per heavy atom. The van der Waals surface area contributed by atoms with Crippen molar-refractivity contribution in [2.24, 2.45) is 0 Å². The van der Waals surface area contributed by atoms with E-state index >= 15 is 0 Å². The first-order valence-corrected chi connectivity index (χ1v) is 11.4. The van der Waals surface area contributed by atoms with Gasteiger partial charge in [0.25, 0.3) is 0 Å². The second-order valence-electron chi connectivity index (χ2n) is 8.73. The van der Waals surface area contributed by atoms with E-state index in [-0.39, 0.29) is 7.11 Å². The minimum Gasteiger partial charge on any atom is -0.379 e. The first-order chi connectivity index (χ1) is 16.0. The molecule has 0 bridgehead atoms. The molecular formula is C24H30F2N6O. The van der Waals surface area contributed by atoms with Gasteiger partial charge in [-0.15, -0.1) is 5.10 Å². The van der Waals surface area contributed by atoms with Crippen molar-refractivity contribution >= 4 is 17.3 Å². The molecule has 2 aliphatic rings. The number of aryl methyl sites for hydroxylation is 1. The molecule has 1 aromatic heterocycles. The van der Waals surface area contributed by atoms with Gasteiger partial charge in [0.15, 0.2) is 0 Å². The molecule has 3 heterocycles. The van der Waals surface area contributed by atoms with Crippen LogP contribution in [0.15, 0.2) is 42.7 Å². The summed E-state index contributed by atoms with van der Waals surface area (Å²) in [5, 5.41) is 7.58. The molecule has 1 unspecified atom stereocenters. The lowest BCUT2D eigenvalue weighted by molar-refractivity contribution is 0.0355. The summed E-state index contributed by atoms with van der Waals surface area (Å²) in [7, 11) is 0. The molecule has 33 heavy (non-hydrogen) atoms. The maximum Gasteiger partial charge on any atom is 0.246 e. The van der Waals surface area contributed by atoms with Gasteiger partial charge in [0.05, 0.1) is 18.9 Å². The number of aromatic nitrogens is 3. The van der Waals surface area contributed by atoms with Crippen LogP contribution in [0.1, 0.15) is 19.8 Å². The molecule has 5 rings (SSSR count). The normalized spacial score (nSPS) is 19.2. The summed E-state index contributed by atoms with van der Waals surface area (Å²) in [5.74, 6) is -0.950. The Morgan fingerprint density at radius 1 is 1.03 bits per heavy atom. The van der Waals surface area contributed by atoms with Gasteiger partial charge in [0.2, 0.25) is 5.95 Å². The van der Waals surface area contributed by atoms with Crippen molar-refractivity contribution in [2.45, 2.75) is 25.8 Å². The highest BCUT2D eigenvalue weighted by molar-refractivity contribution is 5.64. The van der Waals surface area contributed by atoms with E-state index in [0.717, 1.165) is 56.7 Å². The molecule has 0 amide bonds. The summed E-state index contributed by atoms with van der Waals surface area (Å²) >= 11 is 0. The van der Waals surface area contributed by atoms with Crippen LogP contribution in [-0.2, 0) is 4.74 Å². The molecule has 176 valence electrons. The molecule has 1 atom stereocenters. The summed E-state index contributed by atoms with van der Waals surface area (Å²) in [5.41, 5.74) is 3.48. The Kier molecular flexibility index (Phi) is 6.24. The number of ether oxygens (including phenoxy) is 1. The lowest BCUT2D eigenvalue weighted by Gasteiger charge is -2.34. The number of anilines is 3. The third-order valence-electron chi connectivity index (χ3n) is 6.20. The summed E-state index contributed by atoms with van der Waals surface area (Å²) in [6, 6.07) is 10.1. The number of morpholine rings is 1. The monoisotopic (exact) mass is 456 g/mol. The van der Waals surface area contributed by atoms with Crippen LogP contribution in [0.25, 0.3) is 5.69 Å². The number of hydrogen-bond acceptors (Lipinski definition) is 6. The van der Waals surface area contributed by atoms with E-state index in [2.05, 4.69) is 44.3 Å². The van der Waals surface area contributed by atoms with Gasteiger partial charge in [0, 0.05) is 51.1 Å². The van der Waals surface area contributed by atoms with E-state index in [1.54, 1.807) is 0 Å². The first kappa shape index (κ1) is 21.8. The molecule has 9 heteroatoms. The Balaban J connectivity index is 0.00000274. The van der Waals surface area contributed by atoms with Crippen LogP contribution in [-0.4, -0.2) is 65.1 Å². The lowest BCUT2D eigenvalue weighted by atomic mass is 10.1. The van der Waals surface area contributed by atoms with E-state index in [0.29, 0.717) is 12.0 Å². The predicted molar refractivity (Wildman–Crippen MR) is 125 cm³/mol. The molecule has 7 nitrogen and oxygen atoms in total. The number of rotatable bonds is 6. The number of hydrogen-bond donors (Lipinski definition) is 1. The summed E-state index contributed by atoms with van der Waals surface area (Å²) < 4.78 is 33.9. The fourth-order valence-electron chi connectivity index (χ4n) is 4.69. The number of halogens is 2. The molecule has 2 fully saturated rings. The number of benzene rings is 2. The highest BCUT2D eigenvalue weighted by Gasteiger charge is 2.27. The second-order valence-corrected chi connectivity index (χ2v) is 8.73. The second kappa shape index (κ2) is 9.44. The zero-order valence-electron chi connectivity index (χ0n) is 18.7. The third kappa shape index (κ3) is 5.15. The maximum absolute atomic E-state index is 13.6. The first-order valence-electron chi connectivity index (χ1n) is 11.4. The molecule has 0 radical (unpaired) electrons. The van der Waals surface area contributed by atoms with E-state index < -0.39 is 11.6 Å². The van der Waals surface area contributed by atoms with Crippen molar-refractivity contribution in [3.8, 4) is 5.69 Å². The predicted octanol–water partition coefficient (Wildman–Crippen LogP) is 4.14. The van der Waals surface area contributed by atoms with Gasteiger partial charge in [-0.1, -0.05) is 0 Å². The topological polar surface area (TPSA) is 58.5 Å². The van der Waals surface area contributed by atoms with Gasteiger partial charge >= 0.3 is 0 Å². The quantitative estimate of drug-likeness (QED) is 0.602. The average molecular weight is 457 g/mol. The Bertz CT molecular complexity index is 1100. The van der Waals surface area contributed by atoms with Crippen LogP contribution in [0.2, 0.25) is 0 Å².